The van der Waals surface area contributed by atoms with Gasteiger partial charge in [0.1, 0.15) is 21.9 Å². The van der Waals surface area contributed by atoms with Crippen molar-refractivity contribution in [3.8, 4) is 11.8 Å². The number of alkyl halides is 2. The van der Waals surface area contributed by atoms with Crippen LogP contribution in [0.2, 0.25) is 0 Å². The molecule has 12 heteroatoms. The molecule has 27 heavy (non-hydrogen) atoms. The van der Waals surface area contributed by atoms with E-state index in [1.54, 1.807) is 0 Å². The first-order valence-electron chi connectivity index (χ1n) is 7.34. The Morgan fingerprint density at radius 1 is 1.15 bits per heavy atom. The van der Waals surface area contributed by atoms with E-state index in [0.717, 1.165) is 18.3 Å². The topological polar surface area (TPSA) is 106 Å². The number of hydrogen-bond acceptors (Lipinski definition) is 6. The van der Waals surface area contributed by atoms with E-state index in [9.17, 15) is 21.6 Å². The molecule has 3 heterocycles. The maximum Gasteiger partial charge on any atom is 0.280 e. The molecule has 2 N–H and O–H groups in total. The summed E-state index contributed by atoms with van der Waals surface area (Å²) in [7, 11) is -1.82. The Morgan fingerprint density at radius 3 is 2.48 bits per heavy atom. The minimum absolute atomic E-state index is 0.0285. The zero-order chi connectivity index (χ0) is 19.8. The summed E-state index contributed by atoms with van der Waals surface area (Å²) in [6.07, 6.45) is -1.71. The van der Waals surface area contributed by atoms with E-state index < -0.39 is 28.0 Å². The van der Waals surface area contributed by atoms with Crippen LogP contribution < -0.4 is 14.2 Å². The van der Waals surface area contributed by atoms with E-state index in [1.165, 1.54) is 20.3 Å². The average molecular weight is 402 g/mol. The number of rotatable bonds is 6. The van der Waals surface area contributed by atoms with Crippen molar-refractivity contribution in [2.24, 2.45) is 0 Å². The minimum Gasteiger partial charge on any atom is -0.479 e. The summed E-state index contributed by atoms with van der Waals surface area (Å²) in [4.78, 5) is 9.66. The van der Waals surface area contributed by atoms with E-state index in [0.29, 0.717) is 0 Å². The van der Waals surface area contributed by atoms with Gasteiger partial charge in [0.05, 0.1) is 14.2 Å². The maximum absolute atomic E-state index is 13.9. The molecule has 0 radical (unpaired) electrons. The summed E-state index contributed by atoms with van der Waals surface area (Å²) in [6, 6.07) is 3.08. The lowest BCUT2D eigenvalue weighted by molar-refractivity contribution is 0.146. The molecule has 0 aliphatic rings. The van der Waals surface area contributed by atoms with Gasteiger partial charge in [-0.15, -0.1) is 0 Å². The average Bonchev–Trinajstić information content (AvgIpc) is 3.05. The smallest absolute Gasteiger partial charge is 0.280 e. The molecule has 3 rings (SSSR count). The largest absolute Gasteiger partial charge is 0.479 e. The normalized spacial score (nSPS) is 11.8. The molecule has 0 unspecified atom stereocenters. The highest BCUT2D eigenvalue weighted by Crippen LogP contribution is 2.31. The lowest BCUT2D eigenvalue weighted by Crippen LogP contribution is -2.14. The third-order valence-corrected chi connectivity index (χ3v) is 4.98. The van der Waals surface area contributed by atoms with Crippen LogP contribution in [0, 0.1) is 5.82 Å². The van der Waals surface area contributed by atoms with Crippen LogP contribution in [0.5, 0.6) is 11.8 Å². The number of aromatic nitrogens is 3. The summed E-state index contributed by atoms with van der Waals surface area (Å²) in [5, 5.41) is 0.0906. The summed E-state index contributed by atoms with van der Waals surface area (Å²) in [5.41, 5.74) is -0.786. The van der Waals surface area contributed by atoms with Crippen molar-refractivity contribution in [1.29, 1.82) is 0 Å². The quantitative estimate of drug-likeness (QED) is 0.657. The van der Waals surface area contributed by atoms with Gasteiger partial charge in [-0.05, 0) is 12.1 Å². The summed E-state index contributed by atoms with van der Waals surface area (Å²) < 4.78 is 76.5. The summed E-state index contributed by atoms with van der Waals surface area (Å²) in [5.74, 6) is -1.49. The molecule has 0 bridgehead atoms. The van der Waals surface area contributed by atoms with Crippen molar-refractivity contribution in [2.45, 2.75) is 11.3 Å². The Hall–Kier alpha value is -3.02. The Kier molecular flexibility index (Phi) is 4.83. The van der Waals surface area contributed by atoms with Crippen molar-refractivity contribution in [3.05, 3.63) is 35.9 Å². The first-order valence-corrected chi connectivity index (χ1v) is 8.82. The van der Waals surface area contributed by atoms with E-state index in [2.05, 4.69) is 19.7 Å². The fourth-order valence-corrected chi connectivity index (χ4v) is 3.58. The fourth-order valence-electron chi connectivity index (χ4n) is 2.37. The van der Waals surface area contributed by atoms with Crippen LogP contribution in [0.25, 0.3) is 11.0 Å². The predicted molar refractivity (Wildman–Crippen MR) is 89.2 cm³/mol. The molecular formula is C15H13F3N4O4S. The molecule has 0 fully saturated rings. The number of hydrogen-bond donors (Lipinski definition) is 2. The van der Waals surface area contributed by atoms with Crippen LogP contribution in [0.3, 0.4) is 0 Å². The molecular weight excluding hydrogens is 389 g/mol. The van der Waals surface area contributed by atoms with E-state index >= 15 is 0 Å². The van der Waals surface area contributed by atoms with Gasteiger partial charge in [0.2, 0.25) is 5.88 Å². The Labute approximate surface area is 151 Å². The molecule has 0 amide bonds. The molecule has 0 aliphatic carbocycles. The van der Waals surface area contributed by atoms with Gasteiger partial charge in [-0.25, -0.2) is 26.6 Å². The monoisotopic (exact) mass is 402 g/mol. The van der Waals surface area contributed by atoms with Gasteiger partial charge >= 0.3 is 0 Å². The predicted octanol–water partition coefficient (Wildman–Crippen LogP) is 2.85. The van der Waals surface area contributed by atoms with Gasteiger partial charge in [0.25, 0.3) is 22.3 Å². The number of fused-ring (bicyclic) bond motifs is 1. The molecule has 0 atom stereocenters. The van der Waals surface area contributed by atoms with Gasteiger partial charge in [0, 0.05) is 17.6 Å². The molecule has 144 valence electrons. The standard InChI is InChI=1S/C15H13F3N4O4S/c1-25-14-8(16)5-10(15(21-14)26-2)22-27(23,24)11-6-19-13-7(11)3-4-9(20-13)12(17)18/h3-6,12,22H,1-2H3,(H,19,20). The Bertz CT molecular complexity index is 1100. The van der Waals surface area contributed by atoms with Gasteiger partial charge in [0.15, 0.2) is 5.82 Å². The molecule has 0 spiro atoms. The Morgan fingerprint density at radius 2 is 1.85 bits per heavy atom. The van der Waals surface area contributed by atoms with E-state index in [4.69, 9.17) is 9.47 Å². The molecule has 0 aromatic carbocycles. The third-order valence-electron chi connectivity index (χ3n) is 3.58. The number of anilines is 1. The highest BCUT2D eigenvalue weighted by molar-refractivity contribution is 7.93. The van der Waals surface area contributed by atoms with Crippen molar-refractivity contribution >= 4 is 26.7 Å². The minimum atomic E-state index is -4.23. The lowest BCUT2D eigenvalue weighted by atomic mass is 10.3. The first-order chi connectivity index (χ1) is 12.8. The third kappa shape index (κ3) is 3.47. The maximum atomic E-state index is 13.9. The van der Waals surface area contributed by atoms with Crippen LogP contribution in [0.4, 0.5) is 18.9 Å². The van der Waals surface area contributed by atoms with Crippen molar-refractivity contribution in [2.75, 3.05) is 18.9 Å². The van der Waals surface area contributed by atoms with Crippen molar-refractivity contribution in [1.82, 2.24) is 15.0 Å². The first kappa shape index (κ1) is 18.8. The second-order valence-electron chi connectivity index (χ2n) is 5.23. The molecule has 0 aliphatic heterocycles. The molecule has 0 saturated carbocycles. The molecule has 3 aromatic rings. The second kappa shape index (κ2) is 6.95. The fraction of sp³-hybridized carbons (Fsp3) is 0.200. The summed E-state index contributed by atoms with van der Waals surface area (Å²) >= 11 is 0. The van der Waals surface area contributed by atoms with Gasteiger partial charge in [-0.2, -0.15) is 4.98 Å². The van der Waals surface area contributed by atoms with Crippen molar-refractivity contribution in [3.63, 3.8) is 0 Å². The van der Waals surface area contributed by atoms with Crippen LogP contribution in [-0.4, -0.2) is 37.6 Å². The number of halogens is 3. The molecule has 8 nitrogen and oxygen atoms in total. The second-order valence-corrected chi connectivity index (χ2v) is 6.88. The number of H-pyrrole nitrogens is 1. The van der Waals surface area contributed by atoms with Crippen LogP contribution in [0.15, 0.2) is 29.3 Å². The summed E-state index contributed by atoms with van der Waals surface area (Å²) in [6.45, 7) is 0. The zero-order valence-corrected chi connectivity index (χ0v) is 14.8. The van der Waals surface area contributed by atoms with Crippen molar-refractivity contribution < 1.29 is 31.1 Å². The number of ether oxygens (including phenoxy) is 2. The van der Waals surface area contributed by atoms with E-state index in [-0.39, 0.29) is 33.4 Å². The van der Waals surface area contributed by atoms with Crippen LogP contribution >= 0.6 is 0 Å². The van der Waals surface area contributed by atoms with Crippen LogP contribution in [0.1, 0.15) is 12.1 Å². The molecule has 3 aromatic heterocycles. The number of methoxy groups -OCH3 is 2. The number of sulfonamides is 1. The highest BCUT2D eigenvalue weighted by Gasteiger charge is 2.24. The van der Waals surface area contributed by atoms with Gasteiger partial charge in [-0.1, -0.05) is 0 Å². The number of nitrogens with one attached hydrogen (secondary N) is 2. The van der Waals surface area contributed by atoms with Gasteiger partial charge in [-0.3, -0.25) is 4.72 Å². The van der Waals surface area contributed by atoms with Crippen LogP contribution in [-0.2, 0) is 10.0 Å². The number of aromatic amines is 1. The number of nitrogens with zero attached hydrogens (tertiary/aromatic N) is 2. The van der Waals surface area contributed by atoms with E-state index in [1.807, 2.05) is 0 Å². The lowest BCUT2D eigenvalue weighted by Gasteiger charge is -2.12. The molecule has 0 saturated heterocycles. The highest BCUT2D eigenvalue weighted by atomic mass is 32.2. The van der Waals surface area contributed by atoms with Gasteiger partial charge < -0.3 is 14.5 Å². The SMILES string of the molecule is COc1nc(OC)c(NS(=O)(=O)c2c[nH]c3nc(C(F)F)ccc23)cc1F. The Balaban J connectivity index is 2.03. The number of pyridine rings is 2. The zero-order valence-electron chi connectivity index (χ0n) is 14.0.